The number of likely N-dealkylation sites (N-methyl/N-ethyl adjacent to an activating group) is 1. The fraction of sp³-hybridized carbons (Fsp3) is 0.600. The van der Waals surface area contributed by atoms with Crippen molar-refractivity contribution >= 4 is 11.5 Å². The van der Waals surface area contributed by atoms with Crippen molar-refractivity contribution in [1.29, 1.82) is 0 Å². The molecule has 1 fully saturated rings. The van der Waals surface area contributed by atoms with E-state index in [2.05, 4.69) is 32.4 Å². The maximum atomic E-state index is 4.22. The summed E-state index contributed by atoms with van der Waals surface area (Å²) in [6.45, 7) is 4.26. The van der Waals surface area contributed by atoms with Gasteiger partial charge < -0.3 is 15.1 Å². The Balaban J connectivity index is 1.93. The van der Waals surface area contributed by atoms with E-state index in [1.165, 1.54) is 0 Å². The molecule has 15 heavy (non-hydrogen) atoms. The molecule has 80 valence electrons. The van der Waals surface area contributed by atoms with E-state index in [9.17, 15) is 0 Å². The summed E-state index contributed by atoms with van der Waals surface area (Å²) in [4.78, 5) is 4.74. The third-order valence-electron chi connectivity index (χ3n) is 3.19. The van der Waals surface area contributed by atoms with E-state index in [1.54, 1.807) is 6.20 Å². The average Bonchev–Trinajstić information content (AvgIpc) is 2.28. The lowest BCUT2D eigenvalue weighted by molar-refractivity contribution is 0.268. The molecule has 5 heteroatoms. The zero-order chi connectivity index (χ0) is 10.3. The van der Waals surface area contributed by atoms with E-state index < -0.39 is 0 Å². The van der Waals surface area contributed by atoms with Crippen molar-refractivity contribution in [3.63, 3.8) is 0 Å². The van der Waals surface area contributed by atoms with Gasteiger partial charge in [0.2, 0.25) is 0 Å². The van der Waals surface area contributed by atoms with Crippen LogP contribution in [0.25, 0.3) is 0 Å². The number of anilines is 2. The van der Waals surface area contributed by atoms with Crippen molar-refractivity contribution in [3.8, 4) is 0 Å². The van der Waals surface area contributed by atoms with Crippen LogP contribution in [0.4, 0.5) is 11.5 Å². The molecule has 1 atom stereocenters. The van der Waals surface area contributed by atoms with Gasteiger partial charge >= 0.3 is 0 Å². The first-order valence-corrected chi connectivity index (χ1v) is 5.35. The average molecular weight is 205 g/mol. The number of nitrogens with one attached hydrogen (secondary N) is 1. The minimum Gasteiger partial charge on any atom is -0.380 e. The molecule has 1 aromatic rings. The smallest absolute Gasteiger partial charge is 0.175 e. The minimum absolute atomic E-state index is 0.535. The quantitative estimate of drug-likeness (QED) is 0.647. The number of hydrogen-bond donors (Lipinski definition) is 1. The molecule has 3 rings (SSSR count). The Morgan fingerprint density at radius 2 is 2.40 bits per heavy atom. The topological polar surface area (TPSA) is 44.3 Å². The van der Waals surface area contributed by atoms with Crippen LogP contribution in [0.3, 0.4) is 0 Å². The Morgan fingerprint density at radius 3 is 3.33 bits per heavy atom. The second-order valence-corrected chi connectivity index (χ2v) is 4.26. The van der Waals surface area contributed by atoms with Crippen LogP contribution in [0, 0.1) is 0 Å². The molecule has 0 saturated carbocycles. The third-order valence-corrected chi connectivity index (χ3v) is 3.19. The highest BCUT2D eigenvalue weighted by Gasteiger charge is 2.31. The van der Waals surface area contributed by atoms with E-state index >= 15 is 0 Å². The van der Waals surface area contributed by atoms with E-state index in [4.69, 9.17) is 0 Å². The van der Waals surface area contributed by atoms with Crippen LogP contribution in [-0.2, 0) is 0 Å². The number of nitrogens with zero attached hydrogens (tertiary/aromatic N) is 4. The lowest BCUT2D eigenvalue weighted by Crippen LogP contribution is -2.57. The van der Waals surface area contributed by atoms with Crippen molar-refractivity contribution < 1.29 is 0 Å². The van der Waals surface area contributed by atoms with Gasteiger partial charge in [-0.05, 0) is 13.1 Å². The SMILES string of the molecule is CN1CCN2c3nnccc3NCC2C1. The molecular weight excluding hydrogens is 190 g/mol. The highest BCUT2D eigenvalue weighted by molar-refractivity contribution is 5.67. The lowest BCUT2D eigenvalue weighted by atomic mass is 10.1. The van der Waals surface area contributed by atoms with Gasteiger partial charge in [-0.25, -0.2) is 0 Å². The first-order chi connectivity index (χ1) is 7.34. The summed E-state index contributed by atoms with van der Waals surface area (Å²) in [5.74, 6) is 1.02. The maximum absolute atomic E-state index is 4.22. The van der Waals surface area contributed by atoms with Crippen molar-refractivity contribution in [2.75, 3.05) is 43.4 Å². The van der Waals surface area contributed by atoms with Crippen molar-refractivity contribution in [3.05, 3.63) is 12.3 Å². The zero-order valence-corrected chi connectivity index (χ0v) is 8.85. The number of piperazine rings is 1. The van der Waals surface area contributed by atoms with Crippen LogP contribution in [-0.4, -0.2) is 54.4 Å². The first kappa shape index (κ1) is 8.91. The third kappa shape index (κ3) is 1.43. The molecule has 0 spiro atoms. The molecule has 2 aliphatic rings. The molecule has 0 aliphatic carbocycles. The highest BCUT2D eigenvalue weighted by atomic mass is 15.4. The molecule has 1 N–H and O–H groups in total. The standard InChI is InChI=1S/C10H15N5/c1-14-4-5-15-8(7-14)6-11-9-2-3-12-13-10(9)15/h2-3,8,11H,4-7H2,1H3. The van der Waals surface area contributed by atoms with Gasteiger partial charge in [-0.15, -0.1) is 5.10 Å². The number of rotatable bonds is 0. The molecular formula is C10H15N5. The molecule has 2 aliphatic heterocycles. The van der Waals surface area contributed by atoms with Gasteiger partial charge in [0, 0.05) is 26.2 Å². The minimum atomic E-state index is 0.535. The monoisotopic (exact) mass is 205 g/mol. The molecule has 1 unspecified atom stereocenters. The molecule has 1 aromatic heterocycles. The molecule has 5 nitrogen and oxygen atoms in total. The summed E-state index contributed by atoms with van der Waals surface area (Å²) in [6, 6.07) is 2.53. The van der Waals surface area contributed by atoms with Crippen LogP contribution in [0.15, 0.2) is 12.3 Å². The maximum Gasteiger partial charge on any atom is 0.175 e. The Hall–Kier alpha value is -1.36. The second kappa shape index (κ2) is 3.34. The molecule has 0 aromatic carbocycles. The van der Waals surface area contributed by atoms with Gasteiger partial charge in [-0.2, -0.15) is 5.10 Å². The van der Waals surface area contributed by atoms with Gasteiger partial charge in [0.25, 0.3) is 0 Å². The molecule has 0 radical (unpaired) electrons. The van der Waals surface area contributed by atoms with Crippen LogP contribution in [0.2, 0.25) is 0 Å². The Labute approximate surface area is 89.1 Å². The molecule has 1 saturated heterocycles. The van der Waals surface area contributed by atoms with Gasteiger partial charge in [-0.3, -0.25) is 0 Å². The van der Waals surface area contributed by atoms with Crippen LogP contribution < -0.4 is 10.2 Å². The molecule has 0 amide bonds. The summed E-state index contributed by atoms with van der Waals surface area (Å²) >= 11 is 0. The Kier molecular flexibility index (Phi) is 1.98. The van der Waals surface area contributed by atoms with Gasteiger partial charge in [-0.1, -0.05) is 0 Å². The number of fused-ring (bicyclic) bond motifs is 3. The fourth-order valence-corrected chi connectivity index (χ4v) is 2.37. The number of hydrogen-bond acceptors (Lipinski definition) is 5. The van der Waals surface area contributed by atoms with E-state index in [0.717, 1.165) is 37.7 Å². The summed E-state index contributed by atoms with van der Waals surface area (Å²) in [5, 5.41) is 11.6. The predicted molar refractivity (Wildman–Crippen MR) is 59.2 cm³/mol. The van der Waals surface area contributed by atoms with Crippen LogP contribution in [0.5, 0.6) is 0 Å². The summed E-state index contributed by atoms with van der Waals surface area (Å²) < 4.78 is 0. The predicted octanol–water partition coefficient (Wildman–Crippen LogP) is 0.0225. The van der Waals surface area contributed by atoms with Crippen molar-refractivity contribution in [2.24, 2.45) is 0 Å². The lowest BCUT2D eigenvalue weighted by Gasteiger charge is -2.44. The highest BCUT2D eigenvalue weighted by Crippen LogP contribution is 2.29. The Bertz CT molecular complexity index is 367. The number of aromatic nitrogens is 2. The normalized spacial score (nSPS) is 25.4. The van der Waals surface area contributed by atoms with E-state index in [1.807, 2.05) is 6.07 Å². The van der Waals surface area contributed by atoms with Crippen molar-refractivity contribution in [1.82, 2.24) is 15.1 Å². The second-order valence-electron chi connectivity index (χ2n) is 4.26. The summed E-state index contributed by atoms with van der Waals surface area (Å²) in [7, 11) is 2.17. The van der Waals surface area contributed by atoms with E-state index in [-0.39, 0.29) is 0 Å². The summed E-state index contributed by atoms with van der Waals surface area (Å²) in [6.07, 6.45) is 1.74. The van der Waals surface area contributed by atoms with Gasteiger partial charge in [0.05, 0.1) is 17.9 Å². The Morgan fingerprint density at radius 1 is 1.47 bits per heavy atom. The van der Waals surface area contributed by atoms with Crippen LogP contribution in [0.1, 0.15) is 0 Å². The van der Waals surface area contributed by atoms with Gasteiger partial charge in [0.1, 0.15) is 0 Å². The fourth-order valence-electron chi connectivity index (χ4n) is 2.37. The zero-order valence-electron chi connectivity index (χ0n) is 8.85. The van der Waals surface area contributed by atoms with Crippen molar-refractivity contribution in [2.45, 2.75) is 6.04 Å². The van der Waals surface area contributed by atoms with E-state index in [0.29, 0.717) is 6.04 Å². The molecule has 3 heterocycles. The summed E-state index contributed by atoms with van der Waals surface area (Å²) in [5.41, 5.74) is 1.12. The molecule has 0 bridgehead atoms. The van der Waals surface area contributed by atoms with Crippen LogP contribution >= 0.6 is 0 Å². The largest absolute Gasteiger partial charge is 0.380 e. The first-order valence-electron chi connectivity index (χ1n) is 5.35. The van der Waals surface area contributed by atoms with Gasteiger partial charge in [0.15, 0.2) is 5.82 Å².